The van der Waals surface area contributed by atoms with Crippen LogP contribution < -0.4 is 0 Å². The van der Waals surface area contributed by atoms with Gasteiger partial charge in [-0.2, -0.15) is 0 Å². The lowest BCUT2D eigenvalue weighted by atomic mass is 9.99. The van der Waals surface area contributed by atoms with E-state index in [0.29, 0.717) is 31.3 Å². The second-order valence-electron chi connectivity index (χ2n) is 4.58. The van der Waals surface area contributed by atoms with E-state index in [1.54, 1.807) is 4.90 Å². The van der Waals surface area contributed by atoms with Gasteiger partial charge in [0.25, 0.3) is 5.91 Å². The maximum Gasteiger partial charge on any atom is 0.254 e. The molecule has 0 spiro atoms. The molecule has 5 nitrogen and oxygen atoms in total. The maximum atomic E-state index is 12.3. The van der Waals surface area contributed by atoms with Crippen LogP contribution in [0.2, 0.25) is 0 Å². The number of aryl methyl sites for hydroxylation is 1. The number of rotatable bonds is 3. The molecule has 0 atom stereocenters. The number of hydrogen-bond acceptors (Lipinski definition) is 4. The Morgan fingerprint density at radius 1 is 1.26 bits per heavy atom. The Morgan fingerprint density at radius 2 is 2.05 bits per heavy atom. The number of fused-ring (bicyclic) bond motifs is 1. The Labute approximate surface area is 111 Å². The van der Waals surface area contributed by atoms with Gasteiger partial charge in [0.1, 0.15) is 0 Å². The highest BCUT2D eigenvalue weighted by Crippen LogP contribution is 2.20. The molecule has 0 N–H and O–H groups in total. The molecule has 98 valence electrons. The normalized spacial score (nSPS) is 14.6. The first-order chi connectivity index (χ1) is 9.28. The molecule has 2 heterocycles. The first kappa shape index (κ1) is 11.9. The molecule has 0 unspecified atom stereocenters. The number of nitrogens with zero attached hydrogens (tertiary/aromatic N) is 3. The third kappa shape index (κ3) is 2.23. The predicted octanol–water partition coefficient (Wildman–Crippen LogP) is 1.83. The Kier molecular flexibility index (Phi) is 3.03. The Bertz CT molecular complexity index is 606. The smallest absolute Gasteiger partial charge is 0.254 e. The molecule has 0 aliphatic carbocycles. The molecule has 0 radical (unpaired) electrons. The molecule has 1 aromatic carbocycles. The van der Waals surface area contributed by atoms with Crippen LogP contribution in [0.1, 0.15) is 34.6 Å². The molecule has 0 saturated carbocycles. The highest BCUT2D eigenvalue weighted by atomic mass is 16.4. The number of aromatic nitrogens is 2. The Balaban J connectivity index is 1.79. The van der Waals surface area contributed by atoms with E-state index >= 15 is 0 Å². The summed E-state index contributed by atoms with van der Waals surface area (Å²) in [5, 5.41) is 7.88. The fraction of sp³-hybridized carbons (Fsp3) is 0.357. The second kappa shape index (κ2) is 4.84. The summed E-state index contributed by atoms with van der Waals surface area (Å²) in [4.78, 5) is 14.1. The molecule has 3 rings (SSSR count). The van der Waals surface area contributed by atoms with Crippen molar-refractivity contribution in [1.82, 2.24) is 15.1 Å². The summed E-state index contributed by atoms with van der Waals surface area (Å²) < 4.78 is 5.46. The summed E-state index contributed by atoms with van der Waals surface area (Å²) in [6.45, 7) is 3.04. The molecule has 0 saturated heterocycles. The van der Waals surface area contributed by atoms with Crippen LogP contribution in [0, 0.1) is 0 Å². The fourth-order valence-corrected chi connectivity index (χ4v) is 2.28. The van der Waals surface area contributed by atoms with Crippen molar-refractivity contribution in [3.8, 4) is 0 Å². The third-order valence-electron chi connectivity index (χ3n) is 3.32. The lowest BCUT2D eigenvalue weighted by Crippen LogP contribution is -2.37. The first-order valence-electron chi connectivity index (χ1n) is 6.46. The molecule has 2 aromatic rings. The Hall–Kier alpha value is -2.17. The zero-order valence-corrected chi connectivity index (χ0v) is 10.8. The van der Waals surface area contributed by atoms with Crippen LogP contribution in [0.25, 0.3) is 0 Å². The molecule has 1 aliphatic rings. The van der Waals surface area contributed by atoms with E-state index in [1.165, 1.54) is 0 Å². The van der Waals surface area contributed by atoms with E-state index in [2.05, 4.69) is 10.2 Å². The molecule has 5 heteroatoms. The number of amides is 1. The van der Waals surface area contributed by atoms with Crippen LogP contribution in [0.4, 0.5) is 0 Å². The van der Waals surface area contributed by atoms with Crippen LogP contribution in [0.5, 0.6) is 0 Å². The first-order valence-corrected chi connectivity index (χ1v) is 6.46. The van der Waals surface area contributed by atoms with Crippen molar-refractivity contribution in [3.05, 3.63) is 47.2 Å². The third-order valence-corrected chi connectivity index (χ3v) is 3.32. The quantitative estimate of drug-likeness (QED) is 0.841. The molecule has 0 fully saturated rings. The highest BCUT2D eigenvalue weighted by Gasteiger charge is 2.25. The van der Waals surface area contributed by atoms with Crippen molar-refractivity contribution in [2.75, 3.05) is 6.54 Å². The van der Waals surface area contributed by atoms with Gasteiger partial charge in [-0.15, -0.1) is 10.2 Å². The van der Waals surface area contributed by atoms with E-state index in [1.807, 2.05) is 31.2 Å². The zero-order chi connectivity index (χ0) is 13.2. The van der Waals surface area contributed by atoms with Gasteiger partial charge in [0.2, 0.25) is 11.8 Å². The molecule has 0 bridgehead atoms. The molecular formula is C14H15N3O2. The summed E-state index contributed by atoms with van der Waals surface area (Å²) in [5.74, 6) is 1.16. The largest absolute Gasteiger partial charge is 0.423 e. The van der Waals surface area contributed by atoms with Crippen LogP contribution in [-0.4, -0.2) is 27.5 Å². The topological polar surface area (TPSA) is 59.2 Å². The monoisotopic (exact) mass is 257 g/mol. The van der Waals surface area contributed by atoms with Gasteiger partial charge in [-0.1, -0.05) is 25.1 Å². The van der Waals surface area contributed by atoms with E-state index in [-0.39, 0.29) is 5.91 Å². The lowest BCUT2D eigenvalue weighted by Gasteiger charge is -2.27. The van der Waals surface area contributed by atoms with Gasteiger partial charge < -0.3 is 9.32 Å². The second-order valence-corrected chi connectivity index (χ2v) is 4.58. The molecule has 19 heavy (non-hydrogen) atoms. The van der Waals surface area contributed by atoms with Crippen molar-refractivity contribution >= 4 is 5.91 Å². The van der Waals surface area contributed by atoms with Gasteiger partial charge in [-0.3, -0.25) is 4.79 Å². The van der Waals surface area contributed by atoms with Crippen molar-refractivity contribution in [2.45, 2.75) is 26.3 Å². The summed E-state index contributed by atoms with van der Waals surface area (Å²) in [7, 11) is 0. The van der Waals surface area contributed by atoms with E-state index in [9.17, 15) is 4.79 Å². The van der Waals surface area contributed by atoms with Gasteiger partial charge >= 0.3 is 0 Å². The van der Waals surface area contributed by atoms with E-state index in [4.69, 9.17) is 4.42 Å². The predicted molar refractivity (Wildman–Crippen MR) is 68.6 cm³/mol. The average Bonchev–Trinajstić information content (AvgIpc) is 2.90. The lowest BCUT2D eigenvalue weighted by molar-refractivity contribution is 0.0711. The summed E-state index contributed by atoms with van der Waals surface area (Å²) in [6.07, 6.45) is 1.58. The number of carbonyl (C=O) groups is 1. The van der Waals surface area contributed by atoms with Crippen molar-refractivity contribution in [2.24, 2.45) is 0 Å². The van der Waals surface area contributed by atoms with Crippen molar-refractivity contribution in [1.29, 1.82) is 0 Å². The fourth-order valence-electron chi connectivity index (χ4n) is 2.28. The average molecular weight is 257 g/mol. The summed E-state index contributed by atoms with van der Waals surface area (Å²) >= 11 is 0. The molecule has 1 amide bonds. The van der Waals surface area contributed by atoms with Gasteiger partial charge in [0, 0.05) is 18.5 Å². The SMILES string of the molecule is CCc1nnc(CN2CCc3ccccc3C2=O)o1. The minimum absolute atomic E-state index is 0.0399. The van der Waals surface area contributed by atoms with Crippen LogP contribution in [0.3, 0.4) is 0 Å². The van der Waals surface area contributed by atoms with Crippen LogP contribution in [0.15, 0.2) is 28.7 Å². The molecule has 1 aromatic heterocycles. The van der Waals surface area contributed by atoms with Crippen molar-refractivity contribution in [3.63, 3.8) is 0 Å². The van der Waals surface area contributed by atoms with Crippen molar-refractivity contribution < 1.29 is 9.21 Å². The zero-order valence-electron chi connectivity index (χ0n) is 10.8. The van der Waals surface area contributed by atoms with E-state index in [0.717, 1.165) is 17.5 Å². The molecular weight excluding hydrogens is 242 g/mol. The minimum Gasteiger partial charge on any atom is -0.423 e. The highest BCUT2D eigenvalue weighted by molar-refractivity contribution is 5.96. The van der Waals surface area contributed by atoms with Gasteiger partial charge in [-0.05, 0) is 18.1 Å². The standard InChI is InChI=1S/C14H15N3O2/c1-2-12-15-16-13(19-12)9-17-8-7-10-5-3-4-6-11(10)14(17)18/h3-6H,2,7-9H2,1H3. The summed E-state index contributed by atoms with van der Waals surface area (Å²) in [6, 6.07) is 7.73. The number of hydrogen-bond donors (Lipinski definition) is 0. The molecule has 1 aliphatic heterocycles. The number of carbonyl (C=O) groups excluding carboxylic acids is 1. The van der Waals surface area contributed by atoms with Gasteiger partial charge in [0.05, 0.1) is 6.54 Å². The van der Waals surface area contributed by atoms with Crippen LogP contribution >= 0.6 is 0 Å². The minimum atomic E-state index is 0.0399. The number of benzene rings is 1. The van der Waals surface area contributed by atoms with E-state index < -0.39 is 0 Å². The van der Waals surface area contributed by atoms with Gasteiger partial charge in [-0.25, -0.2) is 0 Å². The summed E-state index contributed by atoms with van der Waals surface area (Å²) in [5.41, 5.74) is 1.90. The maximum absolute atomic E-state index is 12.3. The van der Waals surface area contributed by atoms with Gasteiger partial charge in [0.15, 0.2) is 0 Å². The Morgan fingerprint density at radius 3 is 2.84 bits per heavy atom. The van der Waals surface area contributed by atoms with Crippen LogP contribution in [-0.2, 0) is 19.4 Å².